The highest BCUT2D eigenvalue weighted by atomic mass is 16.5. The Bertz CT molecular complexity index is 913. The molecule has 2 N–H and O–H groups in total. The molecule has 1 aromatic heterocycles. The van der Waals surface area contributed by atoms with Crippen molar-refractivity contribution >= 4 is 16.6 Å². The topological polar surface area (TPSA) is 54.1 Å². The van der Waals surface area contributed by atoms with E-state index < -0.39 is 0 Å². The average molecular weight is 308 g/mol. The molecular weight excluding hydrogens is 288 g/mol. The fourth-order valence-electron chi connectivity index (χ4n) is 2.81. The van der Waals surface area contributed by atoms with E-state index in [4.69, 9.17) is 4.74 Å². The van der Waals surface area contributed by atoms with Crippen LogP contribution in [-0.2, 0) is 6.54 Å². The number of ether oxygens (including phenoxy) is 1. The molecule has 0 amide bonds. The van der Waals surface area contributed by atoms with Gasteiger partial charge in [0.05, 0.1) is 18.3 Å². The lowest BCUT2D eigenvalue weighted by atomic mass is 10.1. The van der Waals surface area contributed by atoms with E-state index in [-0.39, 0.29) is 5.43 Å². The van der Waals surface area contributed by atoms with E-state index in [1.54, 1.807) is 7.11 Å². The van der Waals surface area contributed by atoms with Crippen LogP contribution in [0.25, 0.3) is 10.9 Å². The summed E-state index contributed by atoms with van der Waals surface area (Å²) >= 11 is 0. The zero-order chi connectivity index (χ0) is 16.4. The molecule has 3 aromatic rings. The summed E-state index contributed by atoms with van der Waals surface area (Å²) < 4.78 is 5.33. The molecule has 0 atom stereocenters. The molecule has 0 aliphatic heterocycles. The zero-order valence-electron chi connectivity index (χ0n) is 13.6. The SMILES string of the molecule is COc1ccccc1NCc1c(C)[nH]c2c(C)cccc2c1=O. The second kappa shape index (κ2) is 6.16. The molecule has 0 aliphatic rings. The Labute approximate surface area is 135 Å². The van der Waals surface area contributed by atoms with Crippen molar-refractivity contribution in [3.05, 3.63) is 69.5 Å². The number of anilines is 1. The molecule has 1 heterocycles. The highest BCUT2D eigenvalue weighted by Crippen LogP contribution is 2.24. The monoisotopic (exact) mass is 308 g/mol. The number of para-hydroxylation sites is 3. The van der Waals surface area contributed by atoms with Crippen LogP contribution < -0.4 is 15.5 Å². The quantitative estimate of drug-likeness (QED) is 0.771. The number of methoxy groups -OCH3 is 1. The molecule has 23 heavy (non-hydrogen) atoms. The minimum atomic E-state index is 0.0716. The van der Waals surface area contributed by atoms with E-state index in [1.165, 1.54) is 0 Å². The predicted octanol–water partition coefficient (Wildman–Crippen LogP) is 3.77. The summed E-state index contributed by atoms with van der Waals surface area (Å²) in [4.78, 5) is 16.1. The van der Waals surface area contributed by atoms with Crippen molar-refractivity contribution < 1.29 is 4.74 Å². The van der Waals surface area contributed by atoms with Gasteiger partial charge in [-0.15, -0.1) is 0 Å². The van der Waals surface area contributed by atoms with Gasteiger partial charge < -0.3 is 15.0 Å². The minimum Gasteiger partial charge on any atom is -0.495 e. The van der Waals surface area contributed by atoms with Gasteiger partial charge in [-0.25, -0.2) is 0 Å². The zero-order valence-corrected chi connectivity index (χ0v) is 13.6. The number of hydrogen-bond donors (Lipinski definition) is 2. The van der Waals surface area contributed by atoms with E-state index in [0.29, 0.717) is 6.54 Å². The largest absolute Gasteiger partial charge is 0.495 e. The third-order valence-electron chi connectivity index (χ3n) is 4.12. The molecule has 0 aliphatic carbocycles. The third-order valence-corrected chi connectivity index (χ3v) is 4.12. The maximum atomic E-state index is 12.8. The molecule has 4 nitrogen and oxygen atoms in total. The van der Waals surface area contributed by atoms with Gasteiger partial charge in [-0.1, -0.05) is 24.3 Å². The van der Waals surface area contributed by atoms with Gasteiger partial charge in [0, 0.05) is 23.2 Å². The lowest BCUT2D eigenvalue weighted by Gasteiger charge is -2.13. The molecule has 0 saturated carbocycles. The molecule has 4 heteroatoms. The lowest BCUT2D eigenvalue weighted by molar-refractivity contribution is 0.416. The molecule has 0 bridgehead atoms. The molecule has 0 saturated heterocycles. The number of aryl methyl sites for hydroxylation is 2. The molecule has 3 rings (SSSR count). The first kappa shape index (κ1) is 15.2. The van der Waals surface area contributed by atoms with Gasteiger partial charge in [-0.05, 0) is 37.6 Å². The number of aromatic amines is 1. The van der Waals surface area contributed by atoms with Crippen LogP contribution in [0, 0.1) is 13.8 Å². The molecule has 2 aromatic carbocycles. The Morgan fingerprint density at radius 1 is 1.09 bits per heavy atom. The Morgan fingerprint density at radius 3 is 2.65 bits per heavy atom. The van der Waals surface area contributed by atoms with Crippen molar-refractivity contribution in [1.29, 1.82) is 0 Å². The van der Waals surface area contributed by atoms with Crippen molar-refractivity contribution in [1.82, 2.24) is 4.98 Å². The molecule has 0 radical (unpaired) electrons. The Morgan fingerprint density at radius 2 is 1.87 bits per heavy atom. The summed E-state index contributed by atoms with van der Waals surface area (Å²) in [5.74, 6) is 0.762. The summed E-state index contributed by atoms with van der Waals surface area (Å²) in [6.07, 6.45) is 0. The Balaban J connectivity index is 1.99. The van der Waals surface area contributed by atoms with Crippen LogP contribution in [0.4, 0.5) is 5.69 Å². The summed E-state index contributed by atoms with van der Waals surface area (Å²) in [5.41, 5.74) is 4.57. The Hall–Kier alpha value is -2.75. The predicted molar refractivity (Wildman–Crippen MR) is 94.4 cm³/mol. The first-order valence-electron chi connectivity index (χ1n) is 7.59. The van der Waals surface area contributed by atoms with Gasteiger partial charge in [-0.3, -0.25) is 4.79 Å². The number of fused-ring (bicyclic) bond motifs is 1. The standard InChI is InChI=1S/C19H20N2O2/c1-12-7-6-8-14-18(12)21-13(2)15(19(14)22)11-20-16-9-4-5-10-17(16)23-3/h4-10,20H,11H2,1-3H3,(H,21,22). The fourth-order valence-corrected chi connectivity index (χ4v) is 2.81. The molecule has 0 spiro atoms. The first-order chi connectivity index (χ1) is 11.1. The second-order valence-corrected chi connectivity index (χ2v) is 5.61. The van der Waals surface area contributed by atoms with Crippen LogP contribution >= 0.6 is 0 Å². The lowest BCUT2D eigenvalue weighted by Crippen LogP contribution is -2.17. The normalized spacial score (nSPS) is 10.7. The van der Waals surface area contributed by atoms with Crippen LogP contribution in [0.1, 0.15) is 16.8 Å². The number of aromatic nitrogens is 1. The average Bonchev–Trinajstić information content (AvgIpc) is 2.56. The van der Waals surface area contributed by atoms with Crippen LogP contribution in [-0.4, -0.2) is 12.1 Å². The van der Waals surface area contributed by atoms with Crippen LogP contribution in [0.3, 0.4) is 0 Å². The van der Waals surface area contributed by atoms with Crippen molar-refractivity contribution in [3.63, 3.8) is 0 Å². The fraction of sp³-hybridized carbons (Fsp3) is 0.211. The van der Waals surface area contributed by atoms with E-state index in [1.807, 2.05) is 56.3 Å². The first-order valence-corrected chi connectivity index (χ1v) is 7.59. The molecule has 0 unspecified atom stereocenters. The van der Waals surface area contributed by atoms with E-state index in [9.17, 15) is 4.79 Å². The molecular formula is C19H20N2O2. The number of benzene rings is 2. The van der Waals surface area contributed by atoms with Gasteiger partial charge in [0.2, 0.25) is 0 Å². The highest BCUT2D eigenvalue weighted by molar-refractivity contribution is 5.82. The summed E-state index contributed by atoms with van der Waals surface area (Å²) in [5, 5.41) is 4.03. The van der Waals surface area contributed by atoms with E-state index in [0.717, 1.165) is 39.2 Å². The maximum absolute atomic E-state index is 12.8. The van der Waals surface area contributed by atoms with Gasteiger partial charge in [0.15, 0.2) is 5.43 Å². The van der Waals surface area contributed by atoms with Crippen molar-refractivity contribution in [2.24, 2.45) is 0 Å². The van der Waals surface area contributed by atoms with E-state index in [2.05, 4.69) is 10.3 Å². The molecule has 118 valence electrons. The number of H-pyrrole nitrogens is 1. The highest BCUT2D eigenvalue weighted by Gasteiger charge is 2.11. The Kier molecular flexibility index (Phi) is 4.06. The smallest absolute Gasteiger partial charge is 0.194 e. The summed E-state index contributed by atoms with van der Waals surface area (Å²) in [7, 11) is 1.64. The maximum Gasteiger partial charge on any atom is 0.194 e. The number of hydrogen-bond acceptors (Lipinski definition) is 3. The van der Waals surface area contributed by atoms with Gasteiger partial charge in [0.1, 0.15) is 5.75 Å². The third kappa shape index (κ3) is 2.80. The van der Waals surface area contributed by atoms with Crippen molar-refractivity contribution in [3.8, 4) is 5.75 Å². The summed E-state index contributed by atoms with van der Waals surface area (Å²) in [6, 6.07) is 13.5. The second-order valence-electron chi connectivity index (χ2n) is 5.61. The number of pyridine rings is 1. The van der Waals surface area contributed by atoms with Gasteiger partial charge in [0.25, 0.3) is 0 Å². The van der Waals surface area contributed by atoms with Crippen molar-refractivity contribution in [2.75, 3.05) is 12.4 Å². The number of nitrogens with one attached hydrogen (secondary N) is 2. The van der Waals surface area contributed by atoms with Crippen LogP contribution in [0.5, 0.6) is 5.75 Å². The van der Waals surface area contributed by atoms with Crippen LogP contribution in [0.2, 0.25) is 0 Å². The summed E-state index contributed by atoms with van der Waals surface area (Å²) in [6.45, 7) is 4.39. The van der Waals surface area contributed by atoms with Crippen molar-refractivity contribution in [2.45, 2.75) is 20.4 Å². The van der Waals surface area contributed by atoms with Crippen LogP contribution in [0.15, 0.2) is 47.3 Å². The van der Waals surface area contributed by atoms with Gasteiger partial charge in [-0.2, -0.15) is 0 Å². The minimum absolute atomic E-state index is 0.0716. The molecule has 0 fully saturated rings. The number of rotatable bonds is 4. The van der Waals surface area contributed by atoms with Gasteiger partial charge >= 0.3 is 0 Å². The van der Waals surface area contributed by atoms with E-state index >= 15 is 0 Å².